The molecule has 0 bridgehead atoms. The molecule has 0 aliphatic carbocycles. The molecule has 0 amide bonds. The molecule has 8 aromatic carbocycles. The number of nitrogens with zero attached hydrogens (tertiary/aromatic N) is 4. The number of aromatic nitrogens is 3. The normalized spacial score (nSPS) is 11.7. The van der Waals surface area contributed by atoms with Crippen LogP contribution >= 0.6 is 0 Å². The molecule has 0 aliphatic heterocycles. The Morgan fingerprint density at radius 3 is 1.54 bits per heavy atom. The first-order chi connectivity index (χ1) is 26.8. The molecule has 3 heterocycles. The van der Waals surface area contributed by atoms with E-state index in [0.717, 1.165) is 34.1 Å². The highest BCUT2D eigenvalue weighted by Crippen LogP contribution is 2.41. The van der Waals surface area contributed by atoms with E-state index in [9.17, 15) is 0 Å². The van der Waals surface area contributed by atoms with Gasteiger partial charge in [0.15, 0.2) is 0 Å². The van der Waals surface area contributed by atoms with Crippen LogP contribution in [0.5, 0.6) is 0 Å². The van der Waals surface area contributed by atoms with Crippen molar-refractivity contribution in [1.29, 1.82) is 0 Å². The van der Waals surface area contributed by atoms with Crippen molar-refractivity contribution in [3.05, 3.63) is 206 Å². The summed E-state index contributed by atoms with van der Waals surface area (Å²) in [5, 5.41) is 6.19. The second kappa shape index (κ2) is 12.1. The first kappa shape index (κ1) is 30.3. The van der Waals surface area contributed by atoms with Crippen LogP contribution in [0.3, 0.4) is 0 Å². The van der Waals surface area contributed by atoms with Crippen molar-refractivity contribution in [1.82, 2.24) is 13.7 Å². The maximum Gasteiger partial charge on any atom is 0.0635 e. The number of benzene rings is 8. The first-order valence-corrected chi connectivity index (χ1v) is 18.4. The van der Waals surface area contributed by atoms with E-state index in [0.29, 0.717) is 0 Å². The Kier molecular flexibility index (Phi) is 6.82. The average molecular weight is 691 g/mol. The minimum Gasteiger partial charge on any atom is -0.316 e. The zero-order chi connectivity index (χ0) is 35.6. The van der Waals surface area contributed by atoms with E-state index in [1.54, 1.807) is 0 Å². The smallest absolute Gasteiger partial charge is 0.0635 e. The van der Waals surface area contributed by atoms with Crippen LogP contribution in [0.4, 0.5) is 17.1 Å². The van der Waals surface area contributed by atoms with E-state index >= 15 is 0 Å². The average Bonchev–Trinajstić information content (AvgIpc) is 3.93. The maximum atomic E-state index is 2.43. The molecular weight excluding hydrogens is 657 g/mol. The topological polar surface area (TPSA) is 18.0 Å². The van der Waals surface area contributed by atoms with E-state index in [1.165, 1.54) is 54.5 Å². The van der Waals surface area contributed by atoms with Crippen molar-refractivity contribution in [3.8, 4) is 17.1 Å². The molecule has 4 nitrogen and oxygen atoms in total. The molecule has 0 aliphatic rings. The fourth-order valence-electron chi connectivity index (χ4n) is 8.49. The van der Waals surface area contributed by atoms with Gasteiger partial charge in [0.2, 0.25) is 0 Å². The monoisotopic (exact) mass is 690 g/mol. The molecule has 0 spiro atoms. The second-order valence-electron chi connectivity index (χ2n) is 13.8. The lowest BCUT2D eigenvalue weighted by Gasteiger charge is -2.26. The summed E-state index contributed by atoms with van der Waals surface area (Å²) in [6.45, 7) is 0. The zero-order valence-electron chi connectivity index (χ0n) is 29.4. The van der Waals surface area contributed by atoms with E-state index in [1.807, 2.05) is 0 Å². The number of anilines is 3. The highest BCUT2D eigenvalue weighted by atomic mass is 15.1. The van der Waals surface area contributed by atoms with Crippen LogP contribution in [0.2, 0.25) is 0 Å². The summed E-state index contributed by atoms with van der Waals surface area (Å²) in [5.74, 6) is 0. The van der Waals surface area contributed by atoms with E-state index in [-0.39, 0.29) is 0 Å². The Hall–Kier alpha value is -7.30. The summed E-state index contributed by atoms with van der Waals surface area (Å²) >= 11 is 0. The summed E-state index contributed by atoms with van der Waals surface area (Å²) < 4.78 is 7.09. The fraction of sp³-hybridized carbons (Fsp3) is 0. The first-order valence-electron chi connectivity index (χ1n) is 18.4. The predicted octanol–water partition coefficient (Wildman–Crippen LogP) is 13.3. The molecule has 0 unspecified atom stereocenters. The van der Waals surface area contributed by atoms with Crippen molar-refractivity contribution in [2.45, 2.75) is 0 Å². The van der Waals surface area contributed by atoms with Crippen LogP contribution < -0.4 is 4.90 Å². The van der Waals surface area contributed by atoms with Crippen molar-refractivity contribution in [3.63, 3.8) is 0 Å². The molecule has 0 fully saturated rings. The number of hydrogen-bond donors (Lipinski definition) is 0. The van der Waals surface area contributed by atoms with E-state index in [2.05, 4.69) is 225 Å². The molecule has 54 heavy (non-hydrogen) atoms. The van der Waals surface area contributed by atoms with Crippen molar-refractivity contribution >= 4 is 71.6 Å². The van der Waals surface area contributed by atoms with Crippen molar-refractivity contribution < 1.29 is 0 Å². The van der Waals surface area contributed by atoms with Gasteiger partial charge in [-0.1, -0.05) is 97.1 Å². The molecule has 0 saturated heterocycles. The summed E-state index contributed by atoms with van der Waals surface area (Å²) in [6, 6.07) is 72.1. The van der Waals surface area contributed by atoms with Crippen LogP contribution in [0.25, 0.3) is 71.6 Å². The van der Waals surface area contributed by atoms with Crippen LogP contribution in [-0.4, -0.2) is 13.7 Å². The van der Waals surface area contributed by atoms with Crippen molar-refractivity contribution in [2.24, 2.45) is 0 Å². The Bertz CT molecular complexity index is 3130. The fourth-order valence-corrected chi connectivity index (χ4v) is 8.49. The lowest BCUT2D eigenvalue weighted by molar-refractivity contribution is 1.13. The van der Waals surface area contributed by atoms with Gasteiger partial charge in [0.25, 0.3) is 0 Å². The Balaban J connectivity index is 1.08. The number of hydrogen-bond acceptors (Lipinski definition) is 1. The van der Waals surface area contributed by atoms with Gasteiger partial charge in [-0.15, -0.1) is 0 Å². The van der Waals surface area contributed by atoms with Gasteiger partial charge in [-0.3, -0.25) is 0 Å². The van der Waals surface area contributed by atoms with Gasteiger partial charge in [0.1, 0.15) is 0 Å². The molecule has 0 atom stereocenters. The molecular formula is C50H34N4. The van der Waals surface area contributed by atoms with E-state index in [4.69, 9.17) is 0 Å². The third kappa shape index (κ3) is 4.64. The summed E-state index contributed by atoms with van der Waals surface area (Å²) in [6.07, 6.45) is 2.19. The van der Waals surface area contributed by atoms with Crippen LogP contribution in [-0.2, 0) is 0 Å². The number of rotatable bonds is 6. The predicted molar refractivity (Wildman–Crippen MR) is 227 cm³/mol. The molecule has 0 saturated carbocycles. The van der Waals surface area contributed by atoms with Crippen LogP contribution in [0.15, 0.2) is 206 Å². The summed E-state index contributed by atoms with van der Waals surface area (Å²) in [5.41, 5.74) is 12.7. The van der Waals surface area contributed by atoms with Gasteiger partial charge in [0, 0.05) is 67.3 Å². The third-order valence-corrected chi connectivity index (χ3v) is 10.8. The molecule has 0 N–H and O–H groups in total. The van der Waals surface area contributed by atoms with E-state index < -0.39 is 0 Å². The zero-order valence-corrected chi connectivity index (χ0v) is 29.4. The molecule has 254 valence electrons. The standard InChI is InChI=1S/C50H34N4/c1-4-14-35(15-5-1)51-33-32-44-46(51)31-29-43-41-20-10-13-23-48(41)54(50(43)44)39-26-24-38(25-27-39)52(36-16-6-2-7-17-36)40-28-30-49-45(34-40)42-21-11-12-22-47(42)53(49)37-18-8-3-9-19-37/h1-34H. The molecule has 3 aromatic heterocycles. The van der Waals surface area contributed by atoms with Gasteiger partial charge >= 0.3 is 0 Å². The number of fused-ring (bicyclic) bond motifs is 8. The molecule has 11 aromatic rings. The highest BCUT2D eigenvalue weighted by molar-refractivity contribution is 6.18. The second-order valence-corrected chi connectivity index (χ2v) is 13.8. The molecule has 4 heteroatoms. The van der Waals surface area contributed by atoms with Gasteiger partial charge < -0.3 is 18.6 Å². The Morgan fingerprint density at radius 2 is 0.815 bits per heavy atom. The molecule has 11 rings (SSSR count). The van der Waals surface area contributed by atoms with Gasteiger partial charge in [-0.05, 0) is 103 Å². The third-order valence-electron chi connectivity index (χ3n) is 10.8. The largest absolute Gasteiger partial charge is 0.316 e. The summed E-state index contributed by atoms with van der Waals surface area (Å²) in [4.78, 5) is 2.36. The van der Waals surface area contributed by atoms with Gasteiger partial charge in [-0.2, -0.15) is 0 Å². The van der Waals surface area contributed by atoms with Gasteiger partial charge in [0.05, 0.1) is 27.6 Å². The quantitative estimate of drug-likeness (QED) is 0.170. The molecule has 0 radical (unpaired) electrons. The van der Waals surface area contributed by atoms with Crippen LogP contribution in [0, 0.1) is 0 Å². The number of para-hydroxylation sites is 5. The van der Waals surface area contributed by atoms with Crippen LogP contribution in [0.1, 0.15) is 0 Å². The minimum absolute atomic E-state index is 1.09. The Labute approximate surface area is 312 Å². The SMILES string of the molecule is c1ccc(N(c2ccc(-n3c4ccccc4c4ccc5c(ccn5-c5ccccc5)c43)cc2)c2ccc3c(c2)c2ccccc2n3-c2ccccc2)cc1. The Morgan fingerprint density at radius 1 is 0.296 bits per heavy atom. The maximum absolute atomic E-state index is 2.43. The lowest BCUT2D eigenvalue weighted by Crippen LogP contribution is -2.10. The van der Waals surface area contributed by atoms with Gasteiger partial charge in [-0.25, -0.2) is 0 Å². The van der Waals surface area contributed by atoms with Crippen molar-refractivity contribution in [2.75, 3.05) is 4.90 Å². The minimum atomic E-state index is 1.09. The summed E-state index contributed by atoms with van der Waals surface area (Å²) in [7, 11) is 0. The highest BCUT2D eigenvalue weighted by Gasteiger charge is 2.20. The lowest BCUT2D eigenvalue weighted by atomic mass is 10.1.